The SMILES string of the molecule is Cc1c(Cl)cccc1S(=O)(=O)NCC1CCNCC1. The van der Waals surface area contributed by atoms with Crippen LogP contribution in [-0.2, 0) is 10.0 Å². The lowest BCUT2D eigenvalue weighted by Crippen LogP contribution is -2.36. The predicted molar refractivity (Wildman–Crippen MR) is 77.0 cm³/mol. The first-order chi connectivity index (χ1) is 9.00. The van der Waals surface area contributed by atoms with Gasteiger partial charge in [-0.15, -0.1) is 0 Å². The Labute approximate surface area is 119 Å². The van der Waals surface area contributed by atoms with Gasteiger partial charge in [0.25, 0.3) is 0 Å². The van der Waals surface area contributed by atoms with Gasteiger partial charge in [0.1, 0.15) is 0 Å². The highest BCUT2D eigenvalue weighted by atomic mass is 35.5. The van der Waals surface area contributed by atoms with Crippen LogP contribution in [0.3, 0.4) is 0 Å². The molecule has 1 fully saturated rings. The first-order valence-electron chi connectivity index (χ1n) is 6.46. The third-order valence-corrected chi connectivity index (χ3v) is 5.51. The van der Waals surface area contributed by atoms with Crippen LogP contribution in [0.15, 0.2) is 23.1 Å². The van der Waals surface area contributed by atoms with Crippen molar-refractivity contribution in [2.24, 2.45) is 5.92 Å². The van der Waals surface area contributed by atoms with Crippen LogP contribution in [0.25, 0.3) is 0 Å². The van der Waals surface area contributed by atoms with Gasteiger partial charge >= 0.3 is 0 Å². The predicted octanol–water partition coefficient (Wildman–Crippen LogP) is 1.93. The van der Waals surface area contributed by atoms with Gasteiger partial charge in [0, 0.05) is 11.6 Å². The summed E-state index contributed by atoms with van der Waals surface area (Å²) >= 11 is 5.97. The Morgan fingerprint density at radius 2 is 2.05 bits per heavy atom. The maximum absolute atomic E-state index is 12.3. The van der Waals surface area contributed by atoms with E-state index in [0.29, 0.717) is 23.0 Å². The maximum atomic E-state index is 12.3. The molecule has 0 aromatic heterocycles. The van der Waals surface area contributed by atoms with Gasteiger partial charge in [-0.3, -0.25) is 0 Å². The molecule has 1 saturated heterocycles. The van der Waals surface area contributed by atoms with Gasteiger partial charge in [0.2, 0.25) is 10.0 Å². The van der Waals surface area contributed by atoms with E-state index < -0.39 is 10.0 Å². The number of piperidine rings is 1. The van der Waals surface area contributed by atoms with Crippen LogP contribution in [-0.4, -0.2) is 28.1 Å². The van der Waals surface area contributed by atoms with Crippen molar-refractivity contribution in [3.63, 3.8) is 0 Å². The molecule has 0 aliphatic carbocycles. The minimum absolute atomic E-state index is 0.272. The van der Waals surface area contributed by atoms with Gasteiger partial charge in [-0.2, -0.15) is 0 Å². The molecule has 1 aliphatic heterocycles. The quantitative estimate of drug-likeness (QED) is 0.893. The molecule has 6 heteroatoms. The number of nitrogens with one attached hydrogen (secondary N) is 2. The molecule has 106 valence electrons. The number of halogens is 1. The van der Waals surface area contributed by atoms with Crippen LogP contribution in [0.2, 0.25) is 5.02 Å². The zero-order valence-electron chi connectivity index (χ0n) is 10.9. The maximum Gasteiger partial charge on any atom is 0.240 e. The van der Waals surface area contributed by atoms with Gasteiger partial charge in [-0.1, -0.05) is 17.7 Å². The lowest BCUT2D eigenvalue weighted by Gasteiger charge is -2.22. The number of sulfonamides is 1. The molecule has 1 heterocycles. The van der Waals surface area contributed by atoms with Crippen molar-refractivity contribution in [2.45, 2.75) is 24.7 Å². The minimum atomic E-state index is -3.47. The number of rotatable bonds is 4. The summed E-state index contributed by atoms with van der Waals surface area (Å²) in [5, 5.41) is 3.74. The highest BCUT2D eigenvalue weighted by Gasteiger charge is 2.20. The smallest absolute Gasteiger partial charge is 0.240 e. The Balaban J connectivity index is 2.07. The second-order valence-electron chi connectivity index (χ2n) is 4.91. The van der Waals surface area contributed by atoms with Gasteiger partial charge in [-0.05, 0) is 56.5 Å². The Hall–Kier alpha value is -0.620. The van der Waals surface area contributed by atoms with E-state index in [0.717, 1.165) is 25.9 Å². The normalized spacial score (nSPS) is 17.6. The van der Waals surface area contributed by atoms with Gasteiger partial charge < -0.3 is 5.32 Å². The van der Waals surface area contributed by atoms with E-state index in [9.17, 15) is 8.42 Å². The zero-order chi connectivity index (χ0) is 13.9. The highest BCUT2D eigenvalue weighted by Crippen LogP contribution is 2.23. The Morgan fingerprint density at radius 3 is 2.74 bits per heavy atom. The zero-order valence-corrected chi connectivity index (χ0v) is 12.5. The Bertz CT molecular complexity index is 540. The summed E-state index contributed by atoms with van der Waals surface area (Å²) in [6.07, 6.45) is 2.02. The molecule has 2 N–H and O–H groups in total. The van der Waals surface area contributed by atoms with Crippen LogP contribution in [0.5, 0.6) is 0 Å². The van der Waals surface area contributed by atoms with Crippen LogP contribution in [0.1, 0.15) is 18.4 Å². The number of benzene rings is 1. The van der Waals surface area contributed by atoms with Crippen molar-refractivity contribution in [3.05, 3.63) is 28.8 Å². The first kappa shape index (κ1) is 14.8. The fraction of sp³-hybridized carbons (Fsp3) is 0.538. The summed E-state index contributed by atoms with van der Waals surface area (Å²) in [6.45, 7) is 4.14. The molecular weight excluding hydrogens is 284 g/mol. The van der Waals surface area contributed by atoms with Gasteiger partial charge in [-0.25, -0.2) is 13.1 Å². The molecule has 1 aromatic rings. The monoisotopic (exact) mass is 302 g/mol. The number of hydrogen-bond acceptors (Lipinski definition) is 3. The first-order valence-corrected chi connectivity index (χ1v) is 8.32. The lowest BCUT2D eigenvalue weighted by molar-refractivity contribution is 0.372. The molecule has 0 bridgehead atoms. The molecule has 1 aromatic carbocycles. The second-order valence-corrected chi connectivity index (χ2v) is 7.05. The van der Waals surface area contributed by atoms with Crippen molar-refractivity contribution in [1.29, 1.82) is 0 Å². The summed E-state index contributed by atoms with van der Waals surface area (Å²) in [6, 6.07) is 4.95. The molecule has 0 atom stereocenters. The highest BCUT2D eigenvalue weighted by molar-refractivity contribution is 7.89. The molecular formula is C13H19ClN2O2S. The molecule has 1 aliphatic rings. The summed E-state index contributed by atoms with van der Waals surface area (Å²) < 4.78 is 27.2. The second kappa shape index (κ2) is 6.22. The summed E-state index contributed by atoms with van der Waals surface area (Å²) in [7, 11) is -3.47. The van der Waals surface area contributed by atoms with Crippen molar-refractivity contribution in [2.75, 3.05) is 19.6 Å². The van der Waals surface area contributed by atoms with Crippen LogP contribution >= 0.6 is 11.6 Å². The standard InChI is InChI=1S/C13H19ClN2O2S/c1-10-12(14)3-2-4-13(10)19(17,18)16-9-11-5-7-15-8-6-11/h2-4,11,15-16H,5-9H2,1H3. The van der Waals surface area contributed by atoms with Crippen molar-refractivity contribution >= 4 is 21.6 Å². The lowest BCUT2D eigenvalue weighted by atomic mass is 9.99. The summed E-state index contributed by atoms with van der Waals surface area (Å²) in [4.78, 5) is 0.272. The van der Waals surface area contributed by atoms with Crippen LogP contribution in [0, 0.1) is 12.8 Å². The third-order valence-electron chi connectivity index (χ3n) is 3.53. The number of hydrogen-bond donors (Lipinski definition) is 2. The van der Waals surface area contributed by atoms with Crippen molar-refractivity contribution in [1.82, 2.24) is 10.0 Å². The summed E-state index contributed by atoms with van der Waals surface area (Å²) in [5.74, 6) is 0.413. The van der Waals surface area contributed by atoms with E-state index in [4.69, 9.17) is 11.6 Å². The minimum Gasteiger partial charge on any atom is -0.317 e. The van der Waals surface area contributed by atoms with Gasteiger partial charge in [0.05, 0.1) is 4.90 Å². The van der Waals surface area contributed by atoms with E-state index in [1.807, 2.05) is 0 Å². The molecule has 0 saturated carbocycles. The third kappa shape index (κ3) is 3.69. The molecule has 0 amide bonds. The fourth-order valence-corrected chi connectivity index (χ4v) is 3.88. The molecule has 2 rings (SSSR count). The topological polar surface area (TPSA) is 58.2 Å². The van der Waals surface area contributed by atoms with E-state index in [2.05, 4.69) is 10.0 Å². The fourth-order valence-electron chi connectivity index (χ4n) is 2.27. The van der Waals surface area contributed by atoms with E-state index in [1.165, 1.54) is 0 Å². The van der Waals surface area contributed by atoms with E-state index >= 15 is 0 Å². The molecule has 0 radical (unpaired) electrons. The van der Waals surface area contributed by atoms with Crippen molar-refractivity contribution < 1.29 is 8.42 Å². The van der Waals surface area contributed by atoms with E-state index in [-0.39, 0.29) is 4.90 Å². The average molecular weight is 303 g/mol. The molecule has 19 heavy (non-hydrogen) atoms. The largest absolute Gasteiger partial charge is 0.317 e. The molecule has 0 spiro atoms. The van der Waals surface area contributed by atoms with Crippen molar-refractivity contribution in [3.8, 4) is 0 Å². The Morgan fingerprint density at radius 1 is 1.37 bits per heavy atom. The average Bonchev–Trinajstić information content (AvgIpc) is 2.41. The molecule has 0 unspecified atom stereocenters. The van der Waals surface area contributed by atoms with Crippen LogP contribution < -0.4 is 10.0 Å². The summed E-state index contributed by atoms with van der Waals surface area (Å²) in [5.41, 5.74) is 0.599. The van der Waals surface area contributed by atoms with E-state index in [1.54, 1.807) is 25.1 Å². The Kier molecular flexibility index (Phi) is 4.84. The van der Waals surface area contributed by atoms with Gasteiger partial charge in [0.15, 0.2) is 0 Å². The molecule has 4 nitrogen and oxygen atoms in total. The van der Waals surface area contributed by atoms with Crippen LogP contribution in [0.4, 0.5) is 0 Å².